The summed E-state index contributed by atoms with van der Waals surface area (Å²) in [7, 11) is 1.81. The van der Waals surface area contributed by atoms with E-state index in [0.717, 1.165) is 5.69 Å². The van der Waals surface area contributed by atoms with Crippen molar-refractivity contribution in [2.75, 3.05) is 7.05 Å². The first-order valence-electron chi connectivity index (χ1n) is 5.35. The average Bonchev–Trinajstić information content (AvgIpc) is 2.80. The number of nitrogens with one attached hydrogen (secondary N) is 1. The molecule has 4 heteroatoms. The van der Waals surface area contributed by atoms with Gasteiger partial charge in [-0.05, 0) is 7.05 Å². The average molecular weight is 230 g/mol. The predicted octanol–water partition coefficient (Wildman–Crippen LogP) is 2.52. The molecule has 1 aromatic heterocycles. The molecule has 0 aromatic carbocycles. The summed E-state index contributed by atoms with van der Waals surface area (Å²) in [6, 6.07) is -0.0768. The Morgan fingerprint density at radius 1 is 1.67 bits per heavy atom. The highest BCUT2D eigenvalue weighted by molar-refractivity contribution is 7.07. The standard InChI is InChI=1S/C9H14N2OS.C2H6.H2/c1-3-9(12)8(10-2)4-7-5-13-6-11-7;1-2;/h5-6,8,10H,3-4H2,1-2H3;1-2H3;1H. The lowest BCUT2D eigenvalue weighted by Gasteiger charge is -2.11. The molecule has 0 fully saturated rings. The number of aromatic nitrogens is 1. The first kappa shape index (κ1) is 14.3. The summed E-state index contributed by atoms with van der Waals surface area (Å²) in [6.07, 6.45) is 1.28. The van der Waals surface area contributed by atoms with Crippen LogP contribution in [0.25, 0.3) is 0 Å². The smallest absolute Gasteiger partial charge is 0.149 e. The maximum absolute atomic E-state index is 11.4. The minimum absolute atomic E-state index is 0. The van der Waals surface area contributed by atoms with E-state index in [1.54, 1.807) is 16.8 Å². The number of carbonyl (C=O) groups excluding carboxylic acids is 1. The van der Waals surface area contributed by atoms with E-state index in [4.69, 9.17) is 0 Å². The van der Waals surface area contributed by atoms with Crippen molar-refractivity contribution in [1.29, 1.82) is 0 Å². The quantitative estimate of drug-likeness (QED) is 0.845. The highest BCUT2D eigenvalue weighted by Gasteiger charge is 2.15. The lowest BCUT2D eigenvalue weighted by Crippen LogP contribution is -2.35. The van der Waals surface area contributed by atoms with Crippen LogP contribution in [0.4, 0.5) is 0 Å². The molecular formula is C11H22N2OS. The lowest BCUT2D eigenvalue weighted by atomic mass is 10.1. The van der Waals surface area contributed by atoms with Crippen LogP contribution in [0.5, 0.6) is 0 Å². The maximum atomic E-state index is 11.4. The minimum atomic E-state index is -0.0768. The summed E-state index contributed by atoms with van der Waals surface area (Å²) in [5.41, 5.74) is 2.78. The molecule has 88 valence electrons. The van der Waals surface area contributed by atoms with E-state index in [1.807, 2.05) is 33.2 Å². The Balaban J connectivity index is 0. The van der Waals surface area contributed by atoms with Crippen LogP contribution in [0.2, 0.25) is 0 Å². The van der Waals surface area contributed by atoms with Crippen LogP contribution in [-0.4, -0.2) is 23.9 Å². The van der Waals surface area contributed by atoms with Crippen molar-refractivity contribution in [2.45, 2.75) is 39.7 Å². The van der Waals surface area contributed by atoms with Crippen molar-refractivity contribution in [3.8, 4) is 0 Å². The van der Waals surface area contributed by atoms with Crippen molar-refractivity contribution in [3.63, 3.8) is 0 Å². The van der Waals surface area contributed by atoms with Gasteiger partial charge in [0.1, 0.15) is 5.78 Å². The minimum Gasteiger partial charge on any atom is -0.310 e. The van der Waals surface area contributed by atoms with Gasteiger partial charge in [0.15, 0.2) is 0 Å². The van der Waals surface area contributed by atoms with Gasteiger partial charge in [-0.15, -0.1) is 11.3 Å². The van der Waals surface area contributed by atoms with Gasteiger partial charge < -0.3 is 5.32 Å². The van der Waals surface area contributed by atoms with Crippen LogP contribution >= 0.6 is 11.3 Å². The number of ketones is 1. The van der Waals surface area contributed by atoms with Crippen LogP contribution in [0.15, 0.2) is 10.9 Å². The fraction of sp³-hybridized carbons (Fsp3) is 0.636. The molecule has 0 saturated carbocycles. The third kappa shape index (κ3) is 5.04. The van der Waals surface area contributed by atoms with E-state index in [-0.39, 0.29) is 13.3 Å². The number of likely N-dealkylation sites (N-methyl/N-ethyl adjacent to an activating group) is 1. The second kappa shape index (κ2) is 8.56. The van der Waals surface area contributed by atoms with Gasteiger partial charge in [-0.3, -0.25) is 4.79 Å². The van der Waals surface area contributed by atoms with Crippen molar-refractivity contribution in [1.82, 2.24) is 10.3 Å². The number of carbonyl (C=O) groups is 1. The SMILES string of the molecule is CC.CCC(=O)C(Cc1cscn1)NC.[HH]. The molecule has 0 radical (unpaired) electrons. The van der Waals surface area contributed by atoms with E-state index in [1.165, 1.54) is 0 Å². The summed E-state index contributed by atoms with van der Waals surface area (Å²) in [5.74, 6) is 0.246. The monoisotopic (exact) mass is 230 g/mol. The lowest BCUT2D eigenvalue weighted by molar-refractivity contribution is -0.120. The molecule has 0 bridgehead atoms. The topological polar surface area (TPSA) is 42.0 Å². The van der Waals surface area contributed by atoms with Gasteiger partial charge in [0.05, 0.1) is 17.2 Å². The fourth-order valence-electron chi connectivity index (χ4n) is 1.17. The van der Waals surface area contributed by atoms with Crippen molar-refractivity contribution >= 4 is 17.1 Å². The number of thiazole rings is 1. The molecule has 1 rings (SSSR count). The van der Waals surface area contributed by atoms with Gasteiger partial charge >= 0.3 is 0 Å². The first-order chi connectivity index (χ1) is 7.27. The molecule has 1 atom stereocenters. The van der Waals surface area contributed by atoms with Gasteiger partial charge in [0, 0.05) is 19.6 Å². The van der Waals surface area contributed by atoms with Crippen LogP contribution in [0.1, 0.15) is 34.3 Å². The summed E-state index contributed by atoms with van der Waals surface area (Å²) in [4.78, 5) is 15.5. The molecular weight excluding hydrogens is 208 g/mol. The molecule has 0 amide bonds. The van der Waals surface area contributed by atoms with Gasteiger partial charge in [0.2, 0.25) is 0 Å². The zero-order valence-electron chi connectivity index (χ0n) is 9.91. The first-order valence-corrected chi connectivity index (χ1v) is 6.29. The van der Waals surface area contributed by atoms with Crippen molar-refractivity contribution in [2.24, 2.45) is 0 Å². The number of rotatable bonds is 5. The number of Topliss-reactive ketones (excluding diaryl/α,β-unsaturated/α-hetero) is 1. The zero-order chi connectivity index (χ0) is 11.7. The number of nitrogens with zero attached hydrogens (tertiary/aromatic N) is 1. The molecule has 0 spiro atoms. The van der Waals surface area contributed by atoms with Gasteiger partial charge in [-0.2, -0.15) is 0 Å². The fourth-order valence-corrected chi connectivity index (χ4v) is 1.74. The van der Waals surface area contributed by atoms with Gasteiger partial charge in [0.25, 0.3) is 0 Å². The van der Waals surface area contributed by atoms with Crippen molar-refractivity contribution in [3.05, 3.63) is 16.6 Å². The Kier molecular flexibility index (Phi) is 8.14. The molecule has 0 aliphatic carbocycles. The molecule has 15 heavy (non-hydrogen) atoms. The summed E-state index contributed by atoms with van der Waals surface area (Å²) >= 11 is 1.56. The largest absolute Gasteiger partial charge is 0.310 e. The number of hydrogen-bond donors (Lipinski definition) is 1. The van der Waals surface area contributed by atoms with Crippen LogP contribution in [0.3, 0.4) is 0 Å². The van der Waals surface area contributed by atoms with Crippen LogP contribution in [0, 0.1) is 0 Å². The normalized spacial score (nSPS) is 11.5. The molecule has 1 N–H and O–H groups in total. The predicted molar refractivity (Wildman–Crippen MR) is 67.4 cm³/mol. The maximum Gasteiger partial charge on any atom is 0.149 e. The van der Waals surface area contributed by atoms with E-state index < -0.39 is 0 Å². The molecule has 3 nitrogen and oxygen atoms in total. The molecule has 0 aliphatic rings. The zero-order valence-corrected chi connectivity index (χ0v) is 10.7. The Morgan fingerprint density at radius 2 is 2.33 bits per heavy atom. The molecule has 1 heterocycles. The van der Waals surface area contributed by atoms with Gasteiger partial charge in [-0.25, -0.2) is 4.98 Å². The molecule has 1 aromatic rings. The Morgan fingerprint density at radius 3 is 2.73 bits per heavy atom. The highest BCUT2D eigenvalue weighted by Crippen LogP contribution is 2.05. The molecule has 0 aliphatic heterocycles. The third-order valence-electron chi connectivity index (χ3n) is 1.98. The van der Waals surface area contributed by atoms with Gasteiger partial charge in [-0.1, -0.05) is 20.8 Å². The second-order valence-corrected chi connectivity index (χ2v) is 3.56. The molecule has 0 saturated heterocycles. The Labute approximate surface area is 97.4 Å². The molecule has 1 unspecified atom stereocenters. The second-order valence-electron chi connectivity index (χ2n) is 2.85. The summed E-state index contributed by atoms with van der Waals surface area (Å²) < 4.78 is 0. The van der Waals surface area contributed by atoms with E-state index in [9.17, 15) is 4.79 Å². The van der Waals surface area contributed by atoms with Crippen LogP contribution in [-0.2, 0) is 11.2 Å². The van der Waals surface area contributed by atoms with Crippen molar-refractivity contribution < 1.29 is 6.22 Å². The van der Waals surface area contributed by atoms with E-state index in [0.29, 0.717) is 12.8 Å². The number of hydrogen-bond acceptors (Lipinski definition) is 4. The highest BCUT2D eigenvalue weighted by atomic mass is 32.1. The van der Waals surface area contributed by atoms with E-state index in [2.05, 4.69) is 10.3 Å². The Bertz CT molecular complexity index is 265. The van der Waals surface area contributed by atoms with Crippen LogP contribution < -0.4 is 5.32 Å². The van der Waals surface area contributed by atoms with E-state index >= 15 is 0 Å². The Hall–Kier alpha value is -0.740. The third-order valence-corrected chi connectivity index (χ3v) is 2.62. The summed E-state index contributed by atoms with van der Waals surface area (Å²) in [5, 5.41) is 4.99. The summed E-state index contributed by atoms with van der Waals surface area (Å²) in [6.45, 7) is 5.88.